The molecule has 0 spiro atoms. The van der Waals surface area contributed by atoms with Crippen LogP contribution in [0.4, 0.5) is 0 Å². The molecule has 0 saturated heterocycles. The lowest BCUT2D eigenvalue weighted by molar-refractivity contribution is 0.826. The lowest BCUT2D eigenvalue weighted by Crippen LogP contribution is -2.19. The SMILES string of the molecule is N#CC(N)Cc1ccsc1. The quantitative estimate of drug-likeness (QED) is 0.691. The van der Waals surface area contributed by atoms with E-state index in [9.17, 15) is 0 Å². The minimum absolute atomic E-state index is 0.352. The van der Waals surface area contributed by atoms with E-state index in [1.54, 1.807) is 11.3 Å². The van der Waals surface area contributed by atoms with Crippen molar-refractivity contribution in [3.05, 3.63) is 22.4 Å². The lowest BCUT2D eigenvalue weighted by Gasteiger charge is -1.96. The number of hydrogen-bond acceptors (Lipinski definition) is 3. The summed E-state index contributed by atoms with van der Waals surface area (Å²) in [5, 5.41) is 12.4. The molecule has 1 unspecified atom stereocenters. The van der Waals surface area contributed by atoms with Gasteiger partial charge in [-0.1, -0.05) is 0 Å². The summed E-state index contributed by atoms with van der Waals surface area (Å²) in [5.41, 5.74) is 6.56. The smallest absolute Gasteiger partial charge is 0.0969 e. The molecule has 0 fully saturated rings. The normalized spacial score (nSPS) is 12.4. The molecule has 2 N–H and O–H groups in total. The summed E-state index contributed by atoms with van der Waals surface area (Å²) >= 11 is 1.63. The highest BCUT2D eigenvalue weighted by Crippen LogP contribution is 2.07. The summed E-state index contributed by atoms with van der Waals surface area (Å²) in [5.74, 6) is 0. The average molecular weight is 152 g/mol. The zero-order valence-electron chi connectivity index (χ0n) is 5.45. The van der Waals surface area contributed by atoms with E-state index >= 15 is 0 Å². The van der Waals surface area contributed by atoms with E-state index in [0.29, 0.717) is 6.42 Å². The molecule has 52 valence electrons. The molecule has 0 bridgehead atoms. The number of nitriles is 1. The van der Waals surface area contributed by atoms with E-state index in [2.05, 4.69) is 0 Å². The second-order valence-corrected chi connectivity index (χ2v) is 2.85. The molecule has 1 rings (SSSR count). The van der Waals surface area contributed by atoms with Crippen LogP contribution in [0.2, 0.25) is 0 Å². The fourth-order valence-electron chi connectivity index (χ4n) is 0.708. The standard InChI is InChI=1S/C7H8N2S/c8-4-7(9)3-6-1-2-10-5-6/h1-2,5,7H,3,9H2. The molecule has 0 radical (unpaired) electrons. The van der Waals surface area contributed by atoms with Gasteiger partial charge in [0.05, 0.1) is 12.1 Å². The van der Waals surface area contributed by atoms with Crippen LogP contribution in [-0.2, 0) is 6.42 Å². The highest BCUT2D eigenvalue weighted by molar-refractivity contribution is 7.07. The van der Waals surface area contributed by atoms with Crippen molar-refractivity contribution in [3.63, 3.8) is 0 Å². The van der Waals surface area contributed by atoms with Crippen LogP contribution in [0.5, 0.6) is 0 Å². The third kappa shape index (κ3) is 1.83. The van der Waals surface area contributed by atoms with E-state index < -0.39 is 0 Å². The maximum Gasteiger partial charge on any atom is 0.0969 e. The van der Waals surface area contributed by atoms with Gasteiger partial charge >= 0.3 is 0 Å². The highest BCUT2D eigenvalue weighted by atomic mass is 32.1. The number of thiophene rings is 1. The second-order valence-electron chi connectivity index (χ2n) is 2.07. The van der Waals surface area contributed by atoms with Gasteiger partial charge in [0.1, 0.15) is 0 Å². The van der Waals surface area contributed by atoms with Crippen molar-refractivity contribution in [2.24, 2.45) is 5.73 Å². The predicted octanol–water partition coefficient (Wildman–Crippen LogP) is 1.14. The third-order valence-corrected chi connectivity index (χ3v) is 1.93. The second kappa shape index (κ2) is 3.35. The fraction of sp³-hybridized carbons (Fsp3) is 0.286. The Hall–Kier alpha value is -0.850. The molecule has 10 heavy (non-hydrogen) atoms. The van der Waals surface area contributed by atoms with Crippen LogP contribution >= 0.6 is 11.3 Å². The lowest BCUT2D eigenvalue weighted by atomic mass is 10.1. The maximum atomic E-state index is 8.36. The van der Waals surface area contributed by atoms with Crippen molar-refractivity contribution in [1.82, 2.24) is 0 Å². The van der Waals surface area contributed by atoms with E-state index in [1.165, 1.54) is 0 Å². The summed E-state index contributed by atoms with van der Waals surface area (Å²) < 4.78 is 0. The van der Waals surface area contributed by atoms with Gasteiger partial charge in [-0.25, -0.2) is 0 Å². The first kappa shape index (κ1) is 7.26. The molecule has 2 nitrogen and oxygen atoms in total. The van der Waals surface area contributed by atoms with Gasteiger partial charge in [-0.3, -0.25) is 0 Å². The van der Waals surface area contributed by atoms with E-state index in [4.69, 9.17) is 11.0 Å². The summed E-state index contributed by atoms with van der Waals surface area (Å²) in [4.78, 5) is 0. The van der Waals surface area contributed by atoms with Crippen molar-refractivity contribution in [2.45, 2.75) is 12.5 Å². The molecule has 0 aromatic carbocycles. The minimum Gasteiger partial charge on any atom is -0.316 e. The minimum atomic E-state index is -0.352. The first-order chi connectivity index (χ1) is 4.83. The molecule has 1 atom stereocenters. The summed E-state index contributed by atoms with van der Waals surface area (Å²) in [6, 6.07) is 3.62. The average Bonchev–Trinajstić information content (AvgIpc) is 2.40. The van der Waals surface area contributed by atoms with Gasteiger partial charge in [-0.15, -0.1) is 0 Å². The van der Waals surface area contributed by atoms with Crippen LogP contribution in [0, 0.1) is 11.3 Å². The molecular formula is C7H8N2S. The fourth-order valence-corrected chi connectivity index (χ4v) is 1.39. The molecule has 1 aromatic heterocycles. The van der Waals surface area contributed by atoms with Crippen molar-refractivity contribution >= 4 is 11.3 Å². The van der Waals surface area contributed by atoms with Gasteiger partial charge in [0.25, 0.3) is 0 Å². The molecule has 0 saturated carbocycles. The van der Waals surface area contributed by atoms with Crippen LogP contribution in [-0.4, -0.2) is 6.04 Å². The number of nitrogens with two attached hydrogens (primary N) is 1. The topological polar surface area (TPSA) is 49.8 Å². The van der Waals surface area contributed by atoms with Crippen molar-refractivity contribution < 1.29 is 0 Å². The molecular weight excluding hydrogens is 144 g/mol. The van der Waals surface area contributed by atoms with Gasteiger partial charge in [0.2, 0.25) is 0 Å². The number of hydrogen-bond donors (Lipinski definition) is 1. The Kier molecular flexibility index (Phi) is 2.43. The zero-order valence-corrected chi connectivity index (χ0v) is 6.27. The van der Waals surface area contributed by atoms with Gasteiger partial charge in [0, 0.05) is 6.42 Å². The number of rotatable bonds is 2. The zero-order chi connectivity index (χ0) is 7.40. The van der Waals surface area contributed by atoms with Crippen molar-refractivity contribution in [1.29, 1.82) is 5.26 Å². The summed E-state index contributed by atoms with van der Waals surface area (Å²) in [6.45, 7) is 0. The Morgan fingerprint density at radius 1 is 1.80 bits per heavy atom. The van der Waals surface area contributed by atoms with Crippen LogP contribution in [0.15, 0.2) is 16.8 Å². The van der Waals surface area contributed by atoms with Crippen LogP contribution in [0.3, 0.4) is 0 Å². The van der Waals surface area contributed by atoms with Gasteiger partial charge in [-0.05, 0) is 22.4 Å². The van der Waals surface area contributed by atoms with Crippen LogP contribution in [0.25, 0.3) is 0 Å². The Labute approximate surface area is 63.9 Å². The van der Waals surface area contributed by atoms with E-state index in [1.807, 2.05) is 22.9 Å². The highest BCUT2D eigenvalue weighted by Gasteiger charge is 2.00. The Bertz CT molecular complexity index is 222. The largest absolute Gasteiger partial charge is 0.316 e. The predicted molar refractivity (Wildman–Crippen MR) is 41.6 cm³/mol. The molecule has 0 aliphatic rings. The first-order valence-electron chi connectivity index (χ1n) is 2.99. The van der Waals surface area contributed by atoms with E-state index in [0.717, 1.165) is 5.56 Å². The molecule has 1 heterocycles. The summed E-state index contributed by atoms with van der Waals surface area (Å²) in [7, 11) is 0. The van der Waals surface area contributed by atoms with Gasteiger partial charge in [-0.2, -0.15) is 16.6 Å². The van der Waals surface area contributed by atoms with Crippen LogP contribution in [0.1, 0.15) is 5.56 Å². The molecule has 3 heteroatoms. The Balaban J connectivity index is 2.50. The van der Waals surface area contributed by atoms with Gasteiger partial charge < -0.3 is 5.73 Å². The molecule has 0 aliphatic heterocycles. The maximum absolute atomic E-state index is 8.36. The third-order valence-electron chi connectivity index (χ3n) is 1.20. The van der Waals surface area contributed by atoms with Crippen molar-refractivity contribution in [3.8, 4) is 6.07 Å². The number of nitrogens with zero attached hydrogens (tertiary/aromatic N) is 1. The Morgan fingerprint density at radius 2 is 2.60 bits per heavy atom. The van der Waals surface area contributed by atoms with Crippen molar-refractivity contribution in [2.75, 3.05) is 0 Å². The molecule has 1 aromatic rings. The van der Waals surface area contributed by atoms with E-state index in [-0.39, 0.29) is 6.04 Å². The summed E-state index contributed by atoms with van der Waals surface area (Å²) in [6.07, 6.45) is 0.667. The monoisotopic (exact) mass is 152 g/mol. The first-order valence-corrected chi connectivity index (χ1v) is 3.93. The van der Waals surface area contributed by atoms with Gasteiger partial charge in [0.15, 0.2) is 0 Å². The Morgan fingerprint density at radius 3 is 3.10 bits per heavy atom. The van der Waals surface area contributed by atoms with Crippen LogP contribution < -0.4 is 5.73 Å². The molecule has 0 aliphatic carbocycles. The molecule has 0 amide bonds.